The van der Waals surface area contributed by atoms with Crippen LogP contribution in [0.2, 0.25) is 0 Å². The molecule has 88 valence electrons. The Bertz CT molecular complexity index is 341. The molecule has 2 aliphatic heterocycles. The first-order chi connectivity index (χ1) is 7.93. The van der Waals surface area contributed by atoms with Gasteiger partial charge >= 0.3 is 0 Å². The molecule has 3 heterocycles. The molecule has 1 unspecified atom stereocenters. The van der Waals surface area contributed by atoms with Gasteiger partial charge < -0.3 is 10.1 Å². The first-order valence-electron chi connectivity index (χ1n) is 6.01. The van der Waals surface area contributed by atoms with Crippen LogP contribution in [0.3, 0.4) is 0 Å². The van der Waals surface area contributed by atoms with E-state index in [1.807, 2.05) is 0 Å². The predicted octanol–water partition coefficient (Wildman–Crippen LogP) is 0.101. The highest BCUT2D eigenvalue weighted by molar-refractivity contribution is 4.93. The van der Waals surface area contributed by atoms with Crippen molar-refractivity contribution in [2.75, 3.05) is 26.3 Å². The molecule has 0 spiro atoms. The van der Waals surface area contributed by atoms with Crippen molar-refractivity contribution in [1.29, 1.82) is 0 Å². The fourth-order valence-electron chi connectivity index (χ4n) is 2.35. The quantitative estimate of drug-likeness (QED) is 0.770. The molecule has 3 rings (SSSR count). The van der Waals surface area contributed by atoms with Crippen LogP contribution < -0.4 is 5.32 Å². The normalized spacial score (nSPS) is 27.4. The number of hydrogen-bond acceptors (Lipinski definition) is 5. The van der Waals surface area contributed by atoms with Gasteiger partial charge in [0.1, 0.15) is 0 Å². The largest absolute Gasteiger partial charge is 0.381 e. The standard InChI is InChI=1S/C10H17N5O/c1-4-11-7-9(1)15-13-10(12-14-15)8-2-5-16-6-3-8/h8-9,11H,1-7H2. The van der Waals surface area contributed by atoms with Crippen LogP contribution in [0.4, 0.5) is 0 Å². The fourth-order valence-corrected chi connectivity index (χ4v) is 2.35. The molecule has 16 heavy (non-hydrogen) atoms. The Morgan fingerprint density at radius 1 is 1.25 bits per heavy atom. The summed E-state index contributed by atoms with van der Waals surface area (Å²) in [7, 11) is 0. The van der Waals surface area contributed by atoms with E-state index in [1.54, 1.807) is 4.80 Å². The third kappa shape index (κ3) is 1.94. The Morgan fingerprint density at radius 3 is 2.88 bits per heavy atom. The highest BCUT2D eigenvalue weighted by Gasteiger charge is 2.23. The average Bonchev–Trinajstić information content (AvgIpc) is 3.01. The van der Waals surface area contributed by atoms with Crippen molar-refractivity contribution in [3.8, 4) is 0 Å². The molecular formula is C10H17N5O. The minimum atomic E-state index is 0.390. The zero-order valence-corrected chi connectivity index (χ0v) is 9.30. The highest BCUT2D eigenvalue weighted by Crippen LogP contribution is 2.23. The minimum absolute atomic E-state index is 0.390. The third-order valence-electron chi connectivity index (χ3n) is 3.39. The second-order valence-corrected chi connectivity index (χ2v) is 4.50. The van der Waals surface area contributed by atoms with Crippen LogP contribution in [-0.4, -0.2) is 46.5 Å². The zero-order chi connectivity index (χ0) is 10.8. The summed E-state index contributed by atoms with van der Waals surface area (Å²) in [6.45, 7) is 3.66. The summed E-state index contributed by atoms with van der Waals surface area (Å²) in [6, 6.07) is 0.390. The van der Waals surface area contributed by atoms with Crippen molar-refractivity contribution < 1.29 is 4.74 Å². The maximum absolute atomic E-state index is 5.34. The van der Waals surface area contributed by atoms with E-state index >= 15 is 0 Å². The van der Waals surface area contributed by atoms with Gasteiger partial charge in [-0.3, -0.25) is 0 Å². The lowest BCUT2D eigenvalue weighted by molar-refractivity contribution is 0.0835. The number of ether oxygens (including phenoxy) is 1. The van der Waals surface area contributed by atoms with E-state index in [2.05, 4.69) is 20.7 Å². The van der Waals surface area contributed by atoms with Gasteiger partial charge in [-0.2, -0.15) is 4.80 Å². The Morgan fingerprint density at radius 2 is 2.12 bits per heavy atom. The molecule has 0 saturated carbocycles. The Balaban J connectivity index is 1.71. The molecule has 0 bridgehead atoms. The van der Waals surface area contributed by atoms with E-state index in [9.17, 15) is 0 Å². The first-order valence-corrected chi connectivity index (χ1v) is 6.01. The molecular weight excluding hydrogens is 206 g/mol. The molecule has 0 radical (unpaired) electrons. The molecule has 1 atom stereocenters. The van der Waals surface area contributed by atoms with Crippen molar-refractivity contribution >= 4 is 0 Å². The van der Waals surface area contributed by atoms with E-state index in [1.165, 1.54) is 0 Å². The van der Waals surface area contributed by atoms with Gasteiger partial charge in [0.2, 0.25) is 0 Å². The van der Waals surface area contributed by atoms with Gasteiger partial charge in [-0.1, -0.05) is 0 Å². The van der Waals surface area contributed by atoms with Crippen LogP contribution in [0.5, 0.6) is 0 Å². The lowest BCUT2D eigenvalue weighted by atomic mass is 10.00. The lowest BCUT2D eigenvalue weighted by Gasteiger charge is -2.18. The Hall–Kier alpha value is -1.01. The van der Waals surface area contributed by atoms with Crippen molar-refractivity contribution in [3.63, 3.8) is 0 Å². The smallest absolute Gasteiger partial charge is 0.178 e. The number of hydrogen-bond donors (Lipinski definition) is 1. The van der Waals surface area contributed by atoms with Crippen LogP contribution in [0.15, 0.2) is 0 Å². The molecule has 2 saturated heterocycles. The predicted molar refractivity (Wildman–Crippen MR) is 57.1 cm³/mol. The van der Waals surface area contributed by atoms with Gasteiger partial charge in [-0.25, -0.2) is 0 Å². The summed E-state index contributed by atoms with van der Waals surface area (Å²) in [5, 5.41) is 16.2. The molecule has 1 N–H and O–H groups in total. The SMILES string of the molecule is C1CC(n2nnc(C3CCOCC3)n2)CN1. The first kappa shape index (κ1) is 10.2. The number of nitrogens with zero attached hydrogens (tertiary/aromatic N) is 4. The molecule has 1 aromatic heterocycles. The number of aromatic nitrogens is 4. The molecule has 1 aromatic rings. The van der Waals surface area contributed by atoms with Crippen molar-refractivity contribution in [1.82, 2.24) is 25.5 Å². The topological polar surface area (TPSA) is 64.9 Å². The fraction of sp³-hybridized carbons (Fsp3) is 0.900. The van der Waals surface area contributed by atoms with Gasteiger partial charge in [0.05, 0.1) is 6.04 Å². The lowest BCUT2D eigenvalue weighted by Crippen LogP contribution is -2.17. The van der Waals surface area contributed by atoms with Crippen LogP contribution in [-0.2, 0) is 4.74 Å². The monoisotopic (exact) mass is 223 g/mol. The van der Waals surface area contributed by atoms with E-state index in [0.717, 1.165) is 51.4 Å². The summed E-state index contributed by atoms with van der Waals surface area (Å²) in [5.74, 6) is 1.34. The highest BCUT2D eigenvalue weighted by atomic mass is 16.5. The second-order valence-electron chi connectivity index (χ2n) is 4.50. The van der Waals surface area contributed by atoms with E-state index < -0.39 is 0 Å². The molecule has 0 aromatic carbocycles. The summed E-state index contributed by atoms with van der Waals surface area (Å²) < 4.78 is 5.34. The van der Waals surface area contributed by atoms with Crippen LogP contribution in [0.1, 0.15) is 37.0 Å². The van der Waals surface area contributed by atoms with Gasteiger partial charge in [-0.15, -0.1) is 10.2 Å². The number of rotatable bonds is 2. The van der Waals surface area contributed by atoms with E-state index in [4.69, 9.17) is 4.74 Å². The van der Waals surface area contributed by atoms with Crippen LogP contribution in [0.25, 0.3) is 0 Å². The maximum atomic E-state index is 5.34. The van der Waals surface area contributed by atoms with Gasteiger partial charge in [0.15, 0.2) is 5.82 Å². The van der Waals surface area contributed by atoms with Gasteiger partial charge in [0.25, 0.3) is 0 Å². The van der Waals surface area contributed by atoms with Gasteiger partial charge in [-0.05, 0) is 31.0 Å². The Labute approximate surface area is 94.4 Å². The molecule has 0 amide bonds. The van der Waals surface area contributed by atoms with Crippen molar-refractivity contribution in [3.05, 3.63) is 5.82 Å². The maximum Gasteiger partial charge on any atom is 0.178 e. The molecule has 0 aliphatic carbocycles. The summed E-state index contributed by atoms with van der Waals surface area (Å²) in [5.41, 5.74) is 0. The van der Waals surface area contributed by atoms with Crippen LogP contribution >= 0.6 is 0 Å². The molecule has 2 fully saturated rings. The Kier molecular flexibility index (Phi) is 2.84. The van der Waals surface area contributed by atoms with Crippen LogP contribution in [0, 0.1) is 0 Å². The number of nitrogens with one attached hydrogen (secondary N) is 1. The van der Waals surface area contributed by atoms with E-state index in [-0.39, 0.29) is 0 Å². The molecule has 6 heteroatoms. The van der Waals surface area contributed by atoms with Crippen molar-refractivity contribution in [2.24, 2.45) is 0 Å². The van der Waals surface area contributed by atoms with E-state index in [0.29, 0.717) is 12.0 Å². The second kappa shape index (κ2) is 4.47. The van der Waals surface area contributed by atoms with Gasteiger partial charge in [0, 0.05) is 25.7 Å². The molecule has 6 nitrogen and oxygen atoms in total. The zero-order valence-electron chi connectivity index (χ0n) is 9.30. The average molecular weight is 223 g/mol. The third-order valence-corrected chi connectivity index (χ3v) is 3.39. The summed E-state index contributed by atoms with van der Waals surface area (Å²) >= 11 is 0. The molecule has 2 aliphatic rings. The summed E-state index contributed by atoms with van der Waals surface area (Å²) in [4.78, 5) is 1.78. The minimum Gasteiger partial charge on any atom is -0.381 e. The van der Waals surface area contributed by atoms with Crippen molar-refractivity contribution in [2.45, 2.75) is 31.2 Å². The summed E-state index contributed by atoms with van der Waals surface area (Å²) in [6.07, 6.45) is 3.15. The number of tetrazole rings is 1.